The topological polar surface area (TPSA) is 76.9 Å². The van der Waals surface area contributed by atoms with Crippen molar-refractivity contribution >= 4 is 21.6 Å². The Kier molecular flexibility index (Phi) is 4.42. The Balaban J connectivity index is 2.22. The van der Waals surface area contributed by atoms with Crippen LogP contribution in [0.1, 0.15) is 18.3 Å². The molecule has 1 N–H and O–H groups in total. The fraction of sp³-hybridized carbons (Fsp3) is 0.333. The molecule has 2 aromatic rings. The summed E-state index contributed by atoms with van der Waals surface area (Å²) in [5.41, 5.74) is 0.527. The van der Waals surface area contributed by atoms with E-state index in [1.807, 2.05) is 6.92 Å². The van der Waals surface area contributed by atoms with Gasteiger partial charge in [-0.2, -0.15) is 0 Å². The first-order valence-corrected chi connectivity index (χ1v) is 7.93. The van der Waals surface area contributed by atoms with Gasteiger partial charge >= 0.3 is 0 Å². The van der Waals surface area contributed by atoms with E-state index in [0.717, 1.165) is 0 Å². The summed E-state index contributed by atoms with van der Waals surface area (Å²) in [6.45, 7) is 4.37. The summed E-state index contributed by atoms with van der Waals surface area (Å²) in [5, 5.41) is 8.06. The van der Waals surface area contributed by atoms with Gasteiger partial charge < -0.3 is 4.57 Å². The summed E-state index contributed by atoms with van der Waals surface area (Å²) < 4.78 is 28.8. The van der Waals surface area contributed by atoms with Crippen LogP contribution >= 0.6 is 11.6 Å². The number of nitrogens with zero attached hydrogens (tertiary/aromatic N) is 3. The zero-order valence-electron chi connectivity index (χ0n) is 11.2. The van der Waals surface area contributed by atoms with Crippen molar-refractivity contribution in [2.75, 3.05) is 0 Å². The Morgan fingerprint density at radius 2 is 2.15 bits per heavy atom. The van der Waals surface area contributed by atoms with Crippen molar-refractivity contribution in [1.82, 2.24) is 19.5 Å². The Morgan fingerprint density at radius 1 is 1.40 bits per heavy atom. The molecule has 6 nitrogen and oxygen atoms in total. The van der Waals surface area contributed by atoms with Crippen LogP contribution in [0.5, 0.6) is 0 Å². The van der Waals surface area contributed by atoms with E-state index in [1.165, 1.54) is 6.07 Å². The van der Waals surface area contributed by atoms with Gasteiger partial charge in [0.2, 0.25) is 10.0 Å². The maximum Gasteiger partial charge on any atom is 0.241 e. The molecule has 108 valence electrons. The van der Waals surface area contributed by atoms with Crippen LogP contribution in [0.3, 0.4) is 0 Å². The molecule has 0 spiro atoms. The minimum absolute atomic E-state index is 0.0854. The van der Waals surface area contributed by atoms with E-state index < -0.39 is 10.0 Å². The number of rotatable bonds is 5. The van der Waals surface area contributed by atoms with Gasteiger partial charge in [-0.1, -0.05) is 17.7 Å². The molecule has 0 aliphatic carbocycles. The Hall–Kier alpha value is -1.44. The molecule has 1 aromatic heterocycles. The van der Waals surface area contributed by atoms with Gasteiger partial charge in [-0.25, -0.2) is 13.1 Å². The fourth-order valence-corrected chi connectivity index (χ4v) is 3.27. The molecule has 2 rings (SSSR count). The van der Waals surface area contributed by atoms with Crippen LogP contribution < -0.4 is 4.72 Å². The lowest BCUT2D eigenvalue weighted by atomic mass is 10.2. The normalized spacial score (nSPS) is 11.8. The fourth-order valence-electron chi connectivity index (χ4n) is 1.80. The van der Waals surface area contributed by atoms with Gasteiger partial charge in [-0.15, -0.1) is 10.2 Å². The van der Waals surface area contributed by atoms with E-state index in [9.17, 15) is 8.42 Å². The van der Waals surface area contributed by atoms with Crippen LogP contribution in [0.25, 0.3) is 0 Å². The summed E-state index contributed by atoms with van der Waals surface area (Å²) in [5.74, 6) is 0.566. The highest BCUT2D eigenvalue weighted by atomic mass is 35.5. The lowest BCUT2D eigenvalue weighted by Crippen LogP contribution is -2.25. The average Bonchev–Trinajstić information content (AvgIpc) is 2.87. The third-order valence-electron chi connectivity index (χ3n) is 2.96. The standard InChI is InChI=1S/C12H15ClN4O2S/c1-3-17-8-14-16-12(17)7-15-20(18,19)11-6-4-5-10(13)9(11)2/h4-6,8,15H,3,7H2,1-2H3. The van der Waals surface area contributed by atoms with Gasteiger partial charge in [-0.05, 0) is 31.5 Å². The molecular formula is C12H15ClN4O2S. The summed E-state index contributed by atoms with van der Waals surface area (Å²) in [6, 6.07) is 4.79. The quantitative estimate of drug-likeness (QED) is 0.912. The molecule has 0 radical (unpaired) electrons. The summed E-state index contributed by atoms with van der Waals surface area (Å²) in [7, 11) is -3.63. The first-order valence-electron chi connectivity index (χ1n) is 6.07. The van der Waals surface area contributed by atoms with Crippen LogP contribution in [-0.2, 0) is 23.1 Å². The van der Waals surface area contributed by atoms with Crippen molar-refractivity contribution in [2.45, 2.75) is 31.8 Å². The maximum absolute atomic E-state index is 12.3. The second-order valence-corrected chi connectivity index (χ2v) is 6.36. The van der Waals surface area contributed by atoms with Crippen molar-refractivity contribution < 1.29 is 8.42 Å². The highest BCUT2D eigenvalue weighted by Gasteiger charge is 2.18. The summed E-state index contributed by atoms with van der Waals surface area (Å²) >= 11 is 5.95. The zero-order valence-corrected chi connectivity index (χ0v) is 12.7. The average molecular weight is 315 g/mol. The minimum Gasteiger partial charge on any atom is -0.317 e. The second-order valence-electron chi connectivity index (χ2n) is 4.22. The van der Waals surface area contributed by atoms with E-state index in [0.29, 0.717) is 23.0 Å². The van der Waals surface area contributed by atoms with Gasteiger partial charge in [0.1, 0.15) is 12.2 Å². The molecule has 1 aromatic carbocycles. The lowest BCUT2D eigenvalue weighted by molar-refractivity contribution is 0.574. The first kappa shape index (κ1) is 15.0. The molecule has 0 fully saturated rings. The van der Waals surface area contributed by atoms with Gasteiger partial charge in [0.25, 0.3) is 0 Å². The van der Waals surface area contributed by atoms with E-state index in [2.05, 4.69) is 14.9 Å². The third kappa shape index (κ3) is 3.00. The van der Waals surface area contributed by atoms with Crippen molar-refractivity contribution in [1.29, 1.82) is 0 Å². The van der Waals surface area contributed by atoms with Gasteiger partial charge in [0.15, 0.2) is 0 Å². The highest BCUT2D eigenvalue weighted by molar-refractivity contribution is 7.89. The molecule has 0 bridgehead atoms. The predicted molar refractivity (Wildman–Crippen MR) is 75.9 cm³/mol. The van der Waals surface area contributed by atoms with E-state index >= 15 is 0 Å². The van der Waals surface area contributed by atoms with E-state index in [-0.39, 0.29) is 11.4 Å². The Bertz CT molecular complexity index is 712. The monoisotopic (exact) mass is 314 g/mol. The molecule has 0 atom stereocenters. The van der Waals surface area contributed by atoms with Gasteiger partial charge in [0, 0.05) is 11.6 Å². The molecule has 20 heavy (non-hydrogen) atoms. The number of halogens is 1. The van der Waals surface area contributed by atoms with E-state index in [1.54, 1.807) is 30.0 Å². The van der Waals surface area contributed by atoms with Crippen molar-refractivity contribution in [3.63, 3.8) is 0 Å². The number of benzene rings is 1. The van der Waals surface area contributed by atoms with Gasteiger partial charge in [-0.3, -0.25) is 0 Å². The number of sulfonamides is 1. The number of hydrogen-bond acceptors (Lipinski definition) is 4. The molecule has 0 aliphatic heterocycles. The SMILES string of the molecule is CCn1cnnc1CNS(=O)(=O)c1cccc(Cl)c1C. The summed E-state index contributed by atoms with van der Waals surface area (Å²) in [6.07, 6.45) is 1.56. The predicted octanol–water partition coefficient (Wildman–Crippen LogP) is 1.74. The molecule has 0 saturated heterocycles. The van der Waals surface area contributed by atoms with Crippen LogP contribution in [0.2, 0.25) is 5.02 Å². The highest BCUT2D eigenvalue weighted by Crippen LogP contribution is 2.22. The molecule has 0 unspecified atom stereocenters. The van der Waals surface area contributed by atoms with E-state index in [4.69, 9.17) is 11.6 Å². The number of nitrogens with one attached hydrogen (secondary N) is 1. The van der Waals surface area contributed by atoms with Gasteiger partial charge in [0.05, 0.1) is 11.4 Å². The molecule has 8 heteroatoms. The zero-order chi connectivity index (χ0) is 14.8. The minimum atomic E-state index is -3.63. The molecule has 0 aliphatic rings. The summed E-state index contributed by atoms with van der Waals surface area (Å²) in [4.78, 5) is 0.174. The Morgan fingerprint density at radius 3 is 2.85 bits per heavy atom. The molecular weight excluding hydrogens is 300 g/mol. The van der Waals surface area contributed by atoms with Crippen molar-refractivity contribution in [3.8, 4) is 0 Å². The Labute approximate surface area is 122 Å². The number of aromatic nitrogens is 3. The molecule has 0 amide bonds. The maximum atomic E-state index is 12.3. The van der Waals surface area contributed by atoms with Crippen LogP contribution in [0.4, 0.5) is 0 Å². The van der Waals surface area contributed by atoms with Crippen LogP contribution in [0.15, 0.2) is 29.4 Å². The van der Waals surface area contributed by atoms with Crippen molar-refractivity contribution in [2.24, 2.45) is 0 Å². The molecule has 0 saturated carbocycles. The third-order valence-corrected chi connectivity index (χ3v) is 4.92. The second kappa shape index (κ2) is 5.90. The first-order chi connectivity index (χ1) is 9.45. The van der Waals surface area contributed by atoms with Crippen molar-refractivity contribution in [3.05, 3.63) is 40.9 Å². The van der Waals surface area contributed by atoms with Crippen LogP contribution in [-0.4, -0.2) is 23.2 Å². The van der Waals surface area contributed by atoms with Crippen LogP contribution in [0, 0.1) is 6.92 Å². The largest absolute Gasteiger partial charge is 0.317 e. The smallest absolute Gasteiger partial charge is 0.241 e. The number of aryl methyl sites for hydroxylation is 1. The molecule has 1 heterocycles. The number of hydrogen-bond donors (Lipinski definition) is 1. The lowest BCUT2D eigenvalue weighted by Gasteiger charge is -2.10.